The van der Waals surface area contributed by atoms with Crippen molar-refractivity contribution < 1.29 is 21.1 Å². The summed E-state index contributed by atoms with van der Waals surface area (Å²) in [5.41, 5.74) is 10.6. The minimum atomic E-state index is -0.0542. The van der Waals surface area contributed by atoms with Crippen LogP contribution in [0.3, 0.4) is 0 Å². The van der Waals surface area contributed by atoms with Gasteiger partial charge in [0.05, 0.1) is 11.6 Å². The molecule has 0 unspecified atom stereocenters. The van der Waals surface area contributed by atoms with Gasteiger partial charge in [-0.2, -0.15) is 6.67 Å². The third kappa shape index (κ3) is 6.55. The fraction of sp³-hybridized carbons (Fsp3) is 0.100. The molecule has 0 amide bonds. The van der Waals surface area contributed by atoms with Gasteiger partial charge in [-0.3, -0.25) is 9.97 Å². The molecular formula is C50H38N7Pt-3. The van der Waals surface area contributed by atoms with E-state index in [9.17, 15) is 0 Å². The Labute approximate surface area is 353 Å². The standard InChI is InChI=1S/C50H38N7.Pt/c1-50(2,3)36-26-27-51-46(29-36)57-42-23-12-11-22-38(42)40-30-39(33-16-7-5-8-17-33)41(31-45(40)57)49-53-47(34-18-9-6-10-19-34)52-48(54-49)35-20-15-21-37(28-35)56-32-55(4)43-24-13-14-25-44(43)56;/h5-27,29-30,32H,1-4H3;/q-3;. The number of fused-ring (bicyclic) bond motifs is 4. The van der Waals surface area contributed by atoms with Gasteiger partial charge in [0, 0.05) is 49.7 Å². The van der Waals surface area contributed by atoms with E-state index in [1.54, 1.807) is 0 Å². The van der Waals surface area contributed by atoms with Crippen LogP contribution in [0.2, 0.25) is 0 Å². The van der Waals surface area contributed by atoms with Gasteiger partial charge in [0.1, 0.15) is 11.6 Å². The number of rotatable bonds is 6. The summed E-state index contributed by atoms with van der Waals surface area (Å²) in [5.74, 6) is 2.44. The molecule has 3 aromatic heterocycles. The Hall–Kier alpha value is -6.43. The molecule has 0 fully saturated rings. The van der Waals surface area contributed by atoms with Crippen LogP contribution < -0.4 is 9.80 Å². The molecule has 7 nitrogen and oxygen atoms in total. The SMILES string of the molecule is CN1[CH-]N(c2[c-]c(-c3nc(-c4ccccc4)nc(-c4[c-]c5c(cc4-c4ccccc4)c4ccccc4n5-c4cc(C(C)(C)C)ccn4)n3)ccc2)c2ccccc21.[Pt]. The van der Waals surface area contributed by atoms with Crippen molar-refractivity contribution in [1.29, 1.82) is 0 Å². The topological polar surface area (TPSA) is 63.0 Å². The fourth-order valence-electron chi connectivity index (χ4n) is 7.71. The molecule has 8 heteroatoms. The monoisotopic (exact) mass is 931 g/mol. The van der Waals surface area contributed by atoms with Crippen molar-refractivity contribution in [2.24, 2.45) is 0 Å². The number of anilines is 3. The number of pyridine rings is 1. The predicted molar refractivity (Wildman–Crippen MR) is 231 cm³/mol. The molecule has 1 aliphatic rings. The van der Waals surface area contributed by atoms with Crippen LogP contribution in [0.4, 0.5) is 17.1 Å². The molecule has 58 heavy (non-hydrogen) atoms. The summed E-state index contributed by atoms with van der Waals surface area (Å²) in [4.78, 5) is 24.8. The average molecular weight is 932 g/mol. The van der Waals surface area contributed by atoms with Crippen molar-refractivity contribution in [3.8, 4) is 51.1 Å². The molecule has 0 bridgehead atoms. The minimum absolute atomic E-state index is 0. The van der Waals surface area contributed by atoms with E-state index in [0.717, 1.165) is 72.5 Å². The number of aromatic nitrogens is 5. The first-order valence-electron chi connectivity index (χ1n) is 19.1. The second kappa shape index (κ2) is 14.8. The summed E-state index contributed by atoms with van der Waals surface area (Å²) in [7, 11) is 2.06. The van der Waals surface area contributed by atoms with Crippen molar-refractivity contribution in [2.75, 3.05) is 16.8 Å². The first kappa shape index (κ1) is 37.2. The molecule has 9 aromatic rings. The fourth-order valence-corrected chi connectivity index (χ4v) is 7.71. The summed E-state index contributed by atoms with van der Waals surface area (Å²) >= 11 is 0. The van der Waals surface area contributed by atoms with Gasteiger partial charge in [-0.25, -0.2) is 4.98 Å². The van der Waals surface area contributed by atoms with E-state index in [-0.39, 0.29) is 26.5 Å². The zero-order valence-corrected chi connectivity index (χ0v) is 34.7. The molecule has 0 saturated carbocycles. The molecule has 4 heterocycles. The first-order valence-corrected chi connectivity index (χ1v) is 19.1. The van der Waals surface area contributed by atoms with E-state index in [0.29, 0.717) is 17.5 Å². The first-order chi connectivity index (χ1) is 27.8. The summed E-state index contributed by atoms with van der Waals surface area (Å²) in [6, 6.07) is 57.6. The third-order valence-electron chi connectivity index (χ3n) is 10.6. The van der Waals surface area contributed by atoms with Gasteiger partial charge in [0.25, 0.3) is 0 Å². The van der Waals surface area contributed by atoms with Gasteiger partial charge < -0.3 is 19.4 Å². The normalized spacial score (nSPS) is 12.6. The molecule has 0 saturated heterocycles. The van der Waals surface area contributed by atoms with Crippen LogP contribution in [0, 0.1) is 18.8 Å². The molecule has 0 radical (unpaired) electrons. The van der Waals surface area contributed by atoms with E-state index in [1.165, 1.54) is 5.56 Å². The third-order valence-corrected chi connectivity index (χ3v) is 10.6. The van der Waals surface area contributed by atoms with Crippen LogP contribution >= 0.6 is 0 Å². The summed E-state index contributed by atoms with van der Waals surface area (Å²) in [6.07, 6.45) is 1.90. The molecular weight excluding hydrogens is 894 g/mol. The van der Waals surface area contributed by atoms with Gasteiger partial charge in [-0.15, -0.1) is 42.0 Å². The van der Waals surface area contributed by atoms with Crippen molar-refractivity contribution in [3.05, 3.63) is 176 Å². The van der Waals surface area contributed by atoms with Crippen molar-refractivity contribution in [1.82, 2.24) is 24.5 Å². The Morgan fingerprint density at radius 2 is 1.28 bits per heavy atom. The summed E-state index contributed by atoms with van der Waals surface area (Å²) in [5, 5.41) is 2.19. The maximum Gasteiger partial charge on any atom is 0.144 e. The quantitative estimate of drug-likeness (QED) is 0.155. The van der Waals surface area contributed by atoms with E-state index in [1.807, 2.05) is 54.7 Å². The number of hydrogen-bond acceptors (Lipinski definition) is 6. The van der Waals surface area contributed by atoms with Crippen LogP contribution in [0.5, 0.6) is 0 Å². The molecule has 0 N–H and O–H groups in total. The van der Waals surface area contributed by atoms with Gasteiger partial charge in [0.15, 0.2) is 0 Å². The Morgan fingerprint density at radius 3 is 2.05 bits per heavy atom. The second-order valence-corrected chi connectivity index (χ2v) is 15.4. The van der Waals surface area contributed by atoms with Gasteiger partial charge in [0.2, 0.25) is 0 Å². The summed E-state index contributed by atoms with van der Waals surface area (Å²) in [6.45, 7) is 8.76. The van der Waals surface area contributed by atoms with Crippen LogP contribution in [-0.4, -0.2) is 31.6 Å². The van der Waals surface area contributed by atoms with E-state index in [4.69, 9.17) is 19.9 Å². The molecule has 6 aromatic carbocycles. The van der Waals surface area contributed by atoms with E-state index < -0.39 is 0 Å². The van der Waals surface area contributed by atoms with Crippen molar-refractivity contribution in [3.63, 3.8) is 0 Å². The molecule has 0 aliphatic carbocycles. The molecule has 286 valence electrons. The molecule has 1 aliphatic heterocycles. The zero-order valence-electron chi connectivity index (χ0n) is 32.5. The Bertz CT molecular complexity index is 2950. The Balaban J connectivity index is 0.00000436. The second-order valence-electron chi connectivity index (χ2n) is 15.4. The maximum absolute atomic E-state index is 5.27. The van der Waals surface area contributed by atoms with Gasteiger partial charge in [-0.05, 0) is 59.3 Å². The maximum atomic E-state index is 5.27. The Kier molecular flexibility index (Phi) is 9.49. The minimum Gasteiger partial charge on any atom is -0.504 e. The number of hydrogen-bond donors (Lipinski definition) is 0. The predicted octanol–water partition coefficient (Wildman–Crippen LogP) is 11.6. The molecule has 0 atom stereocenters. The Morgan fingerprint density at radius 1 is 0.603 bits per heavy atom. The van der Waals surface area contributed by atoms with Crippen LogP contribution in [0.25, 0.3) is 72.9 Å². The number of para-hydroxylation sites is 3. The van der Waals surface area contributed by atoms with Crippen LogP contribution in [0.1, 0.15) is 26.3 Å². The van der Waals surface area contributed by atoms with Crippen molar-refractivity contribution in [2.45, 2.75) is 26.2 Å². The molecule has 0 spiro atoms. The smallest absolute Gasteiger partial charge is 0.144 e. The molecule has 10 rings (SSSR count). The number of nitrogens with zero attached hydrogens (tertiary/aromatic N) is 7. The van der Waals surface area contributed by atoms with E-state index in [2.05, 4.69) is 158 Å². The zero-order chi connectivity index (χ0) is 38.7. The van der Waals surface area contributed by atoms with Crippen LogP contribution in [0.15, 0.2) is 152 Å². The average Bonchev–Trinajstić information content (AvgIpc) is 3.77. The van der Waals surface area contributed by atoms with Gasteiger partial charge >= 0.3 is 0 Å². The van der Waals surface area contributed by atoms with E-state index >= 15 is 0 Å². The summed E-state index contributed by atoms with van der Waals surface area (Å²) < 4.78 is 2.22. The van der Waals surface area contributed by atoms with Crippen molar-refractivity contribution >= 4 is 38.9 Å². The largest absolute Gasteiger partial charge is 0.504 e. The number of benzene rings is 6. The van der Waals surface area contributed by atoms with Gasteiger partial charge in [-0.1, -0.05) is 140 Å². The van der Waals surface area contributed by atoms with Crippen LogP contribution in [-0.2, 0) is 26.5 Å².